The predicted octanol–water partition coefficient (Wildman–Crippen LogP) is 4.74. The highest BCUT2D eigenvalue weighted by Crippen LogP contribution is 2.29. The summed E-state index contributed by atoms with van der Waals surface area (Å²) < 4.78 is 27.0. The molecule has 2 amide bonds. The Labute approximate surface area is 223 Å². The number of anilines is 1. The van der Waals surface area contributed by atoms with E-state index in [2.05, 4.69) is 5.32 Å². The summed E-state index contributed by atoms with van der Waals surface area (Å²) in [7, 11) is -3.81. The van der Waals surface area contributed by atoms with Crippen molar-refractivity contribution in [3.05, 3.63) is 77.3 Å². The van der Waals surface area contributed by atoms with Crippen LogP contribution in [0.25, 0.3) is 10.8 Å². The zero-order valence-corrected chi connectivity index (χ0v) is 22.6. The largest absolute Gasteiger partial charge is 0.352 e. The molecule has 0 saturated heterocycles. The number of carbonyl (C=O) groups excluding carboxylic acids is 2. The first-order chi connectivity index (χ1) is 17.6. The smallest absolute Gasteiger partial charge is 0.244 e. The van der Waals surface area contributed by atoms with Crippen molar-refractivity contribution in [1.82, 2.24) is 10.2 Å². The maximum Gasteiger partial charge on any atom is 0.244 e. The summed E-state index contributed by atoms with van der Waals surface area (Å²) in [6.07, 6.45) is 5.07. The van der Waals surface area contributed by atoms with Gasteiger partial charge in [0.25, 0.3) is 0 Å². The van der Waals surface area contributed by atoms with Gasteiger partial charge in [-0.25, -0.2) is 8.42 Å². The Kier molecular flexibility index (Phi) is 8.39. The minimum atomic E-state index is -3.81. The van der Waals surface area contributed by atoms with E-state index in [4.69, 9.17) is 11.6 Å². The molecule has 3 aromatic carbocycles. The molecule has 1 aliphatic rings. The van der Waals surface area contributed by atoms with Crippen LogP contribution in [0.15, 0.2) is 66.7 Å². The van der Waals surface area contributed by atoms with Gasteiger partial charge in [0.2, 0.25) is 21.8 Å². The van der Waals surface area contributed by atoms with Crippen LogP contribution in [-0.2, 0) is 26.2 Å². The van der Waals surface area contributed by atoms with Crippen molar-refractivity contribution in [2.45, 2.75) is 51.2 Å². The van der Waals surface area contributed by atoms with Crippen LogP contribution < -0.4 is 9.62 Å². The third kappa shape index (κ3) is 6.62. The highest BCUT2D eigenvalue weighted by Gasteiger charge is 2.31. The molecular formula is C28H32ClN3O4S. The minimum Gasteiger partial charge on any atom is -0.352 e. The van der Waals surface area contributed by atoms with E-state index < -0.39 is 28.5 Å². The molecule has 1 N–H and O–H groups in total. The SMILES string of the molecule is C[C@H](C(=O)NC1CCCC1)N(Cc1ccc(Cl)cc1)C(=O)CN(c1cccc2ccccc12)S(C)(=O)=O. The molecule has 0 aromatic heterocycles. The Bertz CT molecular complexity index is 1370. The minimum absolute atomic E-state index is 0.102. The van der Waals surface area contributed by atoms with Crippen LogP contribution in [0.1, 0.15) is 38.2 Å². The third-order valence-electron chi connectivity index (χ3n) is 6.85. The number of sulfonamides is 1. The molecule has 37 heavy (non-hydrogen) atoms. The van der Waals surface area contributed by atoms with Crippen LogP contribution in [0, 0.1) is 0 Å². The zero-order valence-electron chi connectivity index (χ0n) is 21.1. The molecule has 0 unspecified atom stereocenters. The van der Waals surface area contributed by atoms with E-state index in [-0.39, 0.29) is 18.5 Å². The van der Waals surface area contributed by atoms with Crippen molar-refractivity contribution in [3.8, 4) is 0 Å². The highest BCUT2D eigenvalue weighted by atomic mass is 35.5. The third-order valence-corrected chi connectivity index (χ3v) is 8.23. The number of hydrogen-bond donors (Lipinski definition) is 1. The van der Waals surface area contributed by atoms with E-state index >= 15 is 0 Å². The second kappa shape index (κ2) is 11.5. The zero-order chi connectivity index (χ0) is 26.6. The van der Waals surface area contributed by atoms with Crippen molar-refractivity contribution in [2.24, 2.45) is 0 Å². The fourth-order valence-corrected chi connectivity index (χ4v) is 5.77. The summed E-state index contributed by atoms with van der Waals surface area (Å²) in [5.74, 6) is -0.715. The molecule has 7 nitrogen and oxygen atoms in total. The van der Waals surface area contributed by atoms with Gasteiger partial charge in [0, 0.05) is 23.0 Å². The van der Waals surface area contributed by atoms with Crippen LogP contribution in [0.3, 0.4) is 0 Å². The van der Waals surface area contributed by atoms with Crippen molar-refractivity contribution in [1.29, 1.82) is 0 Å². The lowest BCUT2D eigenvalue weighted by molar-refractivity contribution is -0.139. The summed E-state index contributed by atoms with van der Waals surface area (Å²) in [5.41, 5.74) is 1.21. The van der Waals surface area contributed by atoms with Gasteiger partial charge in [-0.2, -0.15) is 0 Å². The van der Waals surface area contributed by atoms with Gasteiger partial charge in [-0.1, -0.05) is 73.0 Å². The average Bonchev–Trinajstić information content (AvgIpc) is 3.38. The first-order valence-corrected chi connectivity index (χ1v) is 14.7. The summed E-state index contributed by atoms with van der Waals surface area (Å²) in [6, 6.07) is 19.1. The van der Waals surface area contributed by atoms with Gasteiger partial charge in [-0.15, -0.1) is 0 Å². The molecule has 196 valence electrons. The van der Waals surface area contributed by atoms with Crippen LogP contribution >= 0.6 is 11.6 Å². The number of benzene rings is 3. The highest BCUT2D eigenvalue weighted by molar-refractivity contribution is 7.92. The molecule has 0 aliphatic heterocycles. The first-order valence-electron chi connectivity index (χ1n) is 12.4. The molecule has 3 aromatic rings. The monoisotopic (exact) mass is 541 g/mol. The van der Waals surface area contributed by atoms with Gasteiger partial charge in [-0.3, -0.25) is 13.9 Å². The lowest BCUT2D eigenvalue weighted by Crippen LogP contribution is -2.52. The summed E-state index contributed by atoms with van der Waals surface area (Å²) in [5, 5.41) is 5.21. The van der Waals surface area contributed by atoms with Gasteiger partial charge in [-0.05, 0) is 48.9 Å². The number of carbonyl (C=O) groups is 2. The van der Waals surface area contributed by atoms with Crippen molar-refractivity contribution in [3.63, 3.8) is 0 Å². The Morgan fingerprint density at radius 2 is 1.65 bits per heavy atom. The molecule has 1 saturated carbocycles. The summed E-state index contributed by atoms with van der Waals surface area (Å²) in [4.78, 5) is 28.4. The van der Waals surface area contributed by atoms with E-state index in [1.165, 1.54) is 4.90 Å². The normalized spacial score (nSPS) is 14.9. The summed E-state index contributed by atoms with van der Waals surface area (Å²) in [6.45, 7) is 1.39. The lowest BCUT2D eigenvalue weighted by Gasteiger charge is -2.32. The molecule has 0 spiro atoms. The van der Waals surface area contributed by atoms with E-state index in [0.717, 1.165) is 52.6 Å². The molecule has 0 heterocycles. The maximum absolute atomic E-state index is 13.8. The van der Waals surface area contributed by atoms with Crippen LogP contribution in [0.2, 0.25) is 5.02 Å². The first kappa shape index (κ1) is 26.9. The number of nitrogens with one attached hydrogen (secondary N) is 1. The van der Waals surface area contributed by atoms with Crippen molar-refractivity contribution < 1.29 is 18.0 Å². The van der Waals surface area contributed by atoms with E-state index in [9.17, 15) is 18.0 Å². The van der Waals surface area contributed by atoms with E-state index in [0.29, 0.717) is 10.7 Å². The van der Waals surface area contributed by atoms with Gasteiger partial charge in [0.05, 0.1) is 11.9 Å². The van der Waals surface area contributed by atoms with Gasteiger partial charge in [0.1, 0.15) is 12.6 Å². The number of amides is 2. The number of halogens is 1. The van der Waals surface area contributed by atoms with Crippen LogP contribution in [0.5, 0.6) is 0 Å². The molecule has 1 fully saturated rings. The summed E-state index contributed by atoms with van der Waals surface area (Å²) >= 11 is 6.04. The van der Waals surface area contributed by atoms with E-state index in [1.807, 2.05) is 30.3 Å². The number of hydrogen-bond acceptors (Lipinski definition) is 4. The molecule has 1 atom stereocenters. The number of nitrogens with zero attached hydrogens (tertiary/aromatic N) is 2. The van der Waals surface area contributed by atoms with Crippen LogP contribution in [0.4, 0.5) is 5.69 Å². The molecule has 4 rings (SSSR count). The second-order valence-electron chi connectivity index (χ2n) is 9.58. The quantitative estimate of drug-likeness (QED) is 0.424. The number of rotatable bonds is 9. The number of fused-ring (bicyclic) bond motifs is 1. The van der Waals surface area contributed by atoms with Crippen molar-refractivity contribution in [2.75, 3.05) is 17.1 Å². The Hall–Kier alpha value is -3.10. The Morgan fingerprint density at radius 1 is 1.00 bits per heavy atom. The standard InChI is InChI=1S/C28H32ClN3O4S/c1-20(28(34)30-24-10-4-5-11-24)31(18-21-14-16-23(29)17-15-21)27(33)19-32(37(2,35)36)26-13-7-9-22-8-3-6-12-25(22)26/h3,6-9,12-17,20,24H,4-5,10-11,18-19H2,1-2H3,(H,30,34)/t20-/m1/s1. The molecule has 9 heteroatoms. The fraction of sp³-hybridized carbons (Fsp3) is 0.357. The van der Waals surface area contributed by atoms with Crippen molar-refractivity contribution >= 4 is 49.9 Å². The molecule has 0 bridgehead atoms. The van der Waals surface area contributed by atoms with Crippen LogP contribution in [-0.4, -0.2) is 50.0 Å². The lowest BCUT2D eigenvalue weighted by atomic mass is 10.1. The van der Waals surface area contributed by atoms with Gasteiger partial charge < -0.3 is 10.2 Å². The Balaban J connectivity index is 1.65. The fourth-order valence-electron chi connectivity index (χ4n) is 4.78. The average molecular weight is 542 g/mol. The Morgan fingerprint density at radius 3 is 2.32 bits per heavy atom. The molecule has 0 radical (unpaired) electrons. The topological polar surface area (TPSA) is 86.8 Å². The van der Waals surface area contributed by atoms with Gasteiger partial charge >= 0.3 is 0 Å². The maximum atomic E-state index is 13.8. The van der Waals surface area contributed by atoms with Gasteiger partial charge in [0.15, 0.2) is 0 Å². The second-order valence-corrected chi connectivity index (χ2v) is 11.9. The molecular weight excluding hydrogens is 510 g/mol. The molecule has 1 aliphatic carbocycles. The van der Waals surface area contributed by atoms with E-state index in [1.54, 1.807) is 43.3 Å². The predicted molar refractivity (Wildman–Crippen MR) is 148 cm³/mol.